The highest BCUT2D eigenvalue weighted by atomic mass is 32.2. The van der Waals surface area contributed by atoms with E-state index in [9.17, 15) is 9.59 Å². The van der Waals surface area contributed by atoms with Gasteiger partial charge in [0.05, 0.1) is 0 Å². The van der Waals surface area contributed by atoms with Crippen LogP contribution in [-0.4, -0.2) is 47.8 Å². The lowest BCUT2D eigenvalue weighted by atomic mass is 10.1. The van der Waals surface area contributed by atoms with Crippen LogP contribution in [0.25, 0.3) is 0 Å². The molecule has 130 valence electrons. The zero-order valence-corrected chi connectivity index (χ0v) is 15.1. The number of hydrogen-bond acceptors (Lipinski definition) is 3. The molecular formula is C20H22N2O2S. The van der Waals surface area contributed by atoms with Crippen molar-refractivity contribution in [2.45, 2.75) is 17.1 Å². The largest absolute Gasteiger partial charge is 0.339 e. The molecule has 1 aliphatic rings. The summed E-state index contributed by atoms with van der Waals surface area (Å²) in [6.45, 7) is 3.99. The van der Waals surface area contributed by atoms with Crippen molar-refractivity contribution >= 4 is 23.6 Å². The van der Waals surface area contributed by atoms with Gasteiger partial charge in [-0.25, -0.2) is 0 Å². The summed E-state index contributed by atoms with van der Waals surface area (Å²) in [5.41, 5.74) is 1.01. The Balaban J connectivity index is 1.77. The van der Waals surface area contributed by atoms with Crippen LogP contribution in [0.5, 0.6) is 0 Å². The predicted molar refractivity (Wildman–Crippen MR) is 100 cm³/mol. The molecule has 3 rings (SSSR count). The highest BCUT2D eigenvalue weighted by Gasteiger charge is 2.29. The summed E-state index contributed by atoms with van der Waals surface area (Å²) in [4.78, 5) is 29.4. The molecule has 0 aromatic heterocycles. The zero-order valence-electron chi connectivity index (χ0n) is 14.3. The number of carbonyl (C=O) groups excluding carboxylic acids is 2. The van der Waals surface area contributed by atoms with Crippen LogP contribution in [0.15, 0.2) is 65.6 Å². The SMILES string of the molecule is CC(=O)N1CCN(C(=O)C(Sc2ccccc2)c2ccccc2)CC1. The second kappa shape index (κ2) is 8.21. The van der Waals surface area contributed by atoms with Crippen LogP contribution in [0, 0.1) is 0 Å². The first-order valence-corrected chi connectivity index (χ1v) is 9.34. The Morgan fingerprint density at radius 3 is 1.92 bits per heavy atom. The molecule has 1 heterocycles. The highest BCUT2D eigenvalue weighted by Crippen LogP contribution is 2.36. The van der Waals surface area contributed by atoms with Crippen molar-refractivity contribution in [3.05, 3.63) is 66.2 Å². The molecule has 1 unspecified atom stereocenters. The second-order valence-electron chi connectivity index (χ2n) is 6.05. The van der Waals surface area contributed by atoms with Gasteiger partial charge in [-0.05, 0) is 17.7 Å². The van der Waals surface area contributed by atoms with Crippen molar-refractivity contribution in [1.82, 2.24) is 9.80 Å². The Morgan fingerprint density at radius 2 is 1.36 bits per heavy atom. The Bertz CT molecular complexity index is 713. The van der Waals surface area contributed by atoms with E-state index in [0.29, 0.717) is 26.2 Å². The molecule has 2 aromatic rings. The molecule has 5 heteroatoms. The Kier molecular flexibility index (Phi) is 5.76. The molecule has 0 saturated carbocycles. The van der Waals surface area contributed by atoms with E-state index >= 15 is 0 Å². The van der Waals surface area contributed by atoms with Gasteiger partial charge in [0.2, 0.25) is 11.8 Å². The summed E-state index contributed by atoms with van der Waals surface area (Å²) in [7, 11) is 0. The minimum absolute atomic E-state index is 0.0744. The second-order valence-corrected chi connectivity index (χ2v) is 7.23. The number of amides is 2. The van der Waals surface area contributed by atoms with Gasteiger partial charge in [-0.1, -0.05) is 48.5 Å². The predicted octanol–water partition coefficient (Wildman–Crippen LogP) is 3.21. The van der Waals surface area contributed by atoms with Gasteiger partial charge in [-0.2, -0.15) is 0 Å². The maximum absolute atomic E-state index is 13.2. The Hall–Kier alpha value is -2.27. The van der Waals surface area contributed by atoms with Crippen molar-refractivity contribution in [3.63, 3.8) is 0 Å². The third kappa shape index (κ3) is 4.42. The molecule has 0 N–H and O–H groups in total. The maximum atomic E-state index is 13.2. The summed E-state index contributed by atoms with van der Waals surface area (Å²) < 4.78 is 0. The maximum Gasteiger partial charge on any atom is 0.240 e. The van der Waals surface area contributed by atoms with Crippen LogP contribution in [0.2, 0.25) is 0 Å². The van der Waals surface area contributed by atoms with E-state index < -0.39 is 0 Å². The number of thioether (sulfide) groups is 1. The number of benzene rings is 2. The van der Waals surface area contributed by atoms with Crippen LogP contribution in [0.4, 0.5) is 0 Å². The van der Waals surface area contributed by atoms with E-state index in [0.717, 1.165) is 10.5 Å². The van der Waals surface area contributed by atoms with E-state index in [-0.39, 0.29) is 17.1 Å². The number of hydrogen-bond donors (Lipinski definition) is 0. The average molecular weight is 354 g/mol. The number of nitrogens with zero attached hydrogens (tertiary/aromatic N) is 2. The van der Waals surface area contributed by atoms with Crippen molar-refractivity contribution in [2.75, 3.05) is 26.2 Å². The lowest BCUT2D eigenvalue weighted by Gasteiger charge is -2.36. The first-order chi connectivity index (χ1) is 12.1. The minimum atomic E-state index is -0.271. The summed E-state index contributed by atoms with van der Waals surface area (Å²) in [5.74, 6) is 0.189. The molecule has 2 amide bonds. The van der Waals surface area contributed by atoms with Crippen LogP contribution < -0.4 is 0 Å². The molecule has 0 aliphatic carbocycles. The van der Waals surface area contributed by atoms with Gasteiger partial charge in [0, 0.05) is 38.0 Å². The van der Waals surface area contributed by atoms with Crippen LogP contribution in [0.1, 0.15) is 17.7 Å². The summed E-state index contributed by atoms with van der Waals surface area (Å²) in [6, 6.07) is 19.9. The first kappa shape index (κ1) is 17.5. The monoisotopic (exact) mass is 354 g/mol. The molecule has 0 spiro atoms. The molecule has 25 heavy (non-hydrogen) atoms. The molecule has 1 saturated heterocycles. The standard InChI is InChI=1S/C20H22N2O2S/c1-16(23)21-12-14-22(15-13-21)20(24)19(17-8-4-2-5-9-17)25-18-10-6-3-7-11-18/h2-11,19H,12-15H2,1H3. The van der Waals surface area contributed by atoms with Crippen molar-refractivity contribution in [2.24, 2.45) is 0 Å². The average Bonchev–Trinajstić information content (AvgIpc) is 2.67. The lowest BCUT2D eigenvalue weighted by Crippen LogP contribution is -2.50. The van der Waals surface area contributed by atoms with Crippen molar-refractivity contribution in [1.29, 1.82) is 0 Å². The molecule has 1 atom stereocenters. The van der Waals surface area contributed by atoms with Gasteiger partial charge in [0.25, 0.3) is 0 Å². The molecule has 0 bridgehead atoms. The summed E-state index contributed by atoms with van der Waals surface area (Å²) >= 11 is 1.58. The van der Waals surface area contributed by atoms with E-state index in [1.54, 1.807) is 23.6 Å². The van der Waals surface area contributed by atoms with Crippen LogP contribution >= 0.6 is 11.8 Å². The van der Waals surface area contributed by atoms with Gasteiger partial charge in [-0.15, -0.1) is 11.8 Å². The highest BCUT2D eigenvalue weighted by molar-refractivity contribution is 8.00. The Morgan fingerprint density at radius 1 is 0.840 bits per heavy atom. The fourth-order valence-corrected chi connectivity index (χ4v) is 4.06. The number of rotatable bonds is 4. The van der Waals surface area contributed by atoms with E-state index in [1.165, 1.54) is 0 Å². The van der Waals surface area contributed by atoms with Crippen LogP contribution in [0.3, 0.4) is 0 Å². The third-order valence-corrected chi connectivity index (χ3v) is 5.61. The fourth-order valence-electron chi connectivity index (χ4n) is 2.93. The molecule has 1 aliphatic heterocycles. The number of piperazine rings is 1. The zero-order chi connectivity index (χ0) is 17.6. The summed E-state index contributed by atoms with van der Waals surface area (Å²) in [5, 5.41) is -0.271. The molecule has 0 radical (unpaired) electrons. The first-order valence-electron chi connectivity index (χ1n) is 8.46. The van der Waals surface area contributed by atoms with E-state index in [4.69, 9.17) is 0 Å². The van der Waals surface area contributed by atoms with Crippen molar-refractivity contribution < 1.29 is 9.59 Å². The van der Waals surface area contributed by atoms with Gasteiger partial charge >= 0.3 is 0 Å². The van der Waals surface area contributed by atoms with Crippen LogP contribution in [-0.2, 0) is 9.59 Å². The van der Waals surface area contributed by atoms with Gasteiger partial charge in [0.15, 0.2) is 0 Å². The van der Waals surface area contributed by atoms with E-state index in [1.807, 2.05) is 65.6 Å². The lowest BCUT2D eigenvalue weighted by molar-refractivity contribution is -0.138. The van der Waals surface area contributed by atoms with Gasteiger partial charge in [-0.3, -0.25) is 9.59 Å². The molecular weight excluding hydrogens is 332 g/mol. The van der Waals surface area contributed by atoms with Gasteiger partial charge in [0.1, 0.15) is 5.25 Å². The number of carbonyl (C=O) groups is 2. The van der Waals surface area contributed by atoms with Crippen molar-refractivity contribution in [3.8, 4) is 0 Å². The fraction of sp³-hybridized carbons (Fsp3) is 0.300. The Labute approximate surface area is 152 Å². The topological polar surface area (TPSA) is 40.6 Å². The quantitative estimate of drug-likeness (QED) is 0.792. The molecule has 4 nitrogen and oxygen atoms in total. The molecule has 2 aromatic carbocycles. The smallest absolute Gasteiger partial charge is 0.240 e. The van der Waals surface area contributed by atoms with E-state index in [2.05, 4.69) is 0 Å². The summed E-state index contributed by atoms with van der Waals surface area (Å²) in [6.07, 6.45) is 0. The normalized spacial score (nSPS) is 15.7. The van der Waals surface area contributed by atoms with Gasteiger partial charge < -0.3 is 9.80 Å². The molecule has 1 fully saturated rings. The third-order valence-electron chi connectivity index (χ3n) is 4.36. The minimum Gasteiger partial charge on any atom is -0.339 e.